The Balaban J connectivity index is 2.80. The SMILES string of the molecule is CC/C=N/c1ccc(C#N)cc1. The van der Waals surface area contributed by atoms with Crippen LogP contribution in [0.15, 0.2) is 29.3 Å². The van der Waals surface area contributed by atoms with E-state index in [9.17, 15) is 0 Å². The Morgan fingerprint density at radius 2 is 2.08 bits per heavy atom. The van der Waals surface area contributed by atoms with Gasteiger partial charge >= 0.3 is 0 Å². The van der Waals surface area contributed by atoms with Crippen molar-refractivity contribution in [2.45, 2.75) is 13.3 Å². The first-order valence-electron chi connectivity index (χ1n) is 3.89. The van der Waals surface area contributed by atoms with Gasteiger partial charge in [-0.15, -0.1) is 0 Å². The lowest BCUT2D eigenvalue weighted by Crippen LogP contribution is -1.72. The molecule has 2 heteroatoms. The number of rotatable bonds is 2. The monoisotopic (exact) mass is 158 g/mol. The summed E-state index contributed by atoms with van der Waals surface area (Å²) in [6, 6.07) is 9.27. The summed E-state index contributed by atoms with van der Waals surface area (Å²) in [6.07, 6.45) is 2.78. The minimum atomic E-state index is 0.672. The lowest BCUT2D eigenvalue weighted by atomic mass is 10.2. The Bertz CT molecular complexity index is 304. The van der Waals surface area contributed by atoms with Gasteiger partial charge < -0.3 is 0 Å². The van der Waals surface area contributed by atoms with Crippen molar-refractivity contribution in [1.82, 2.24) is 0 Å². The van der Waals surface area contributed by atoms with Gasteiger partial charge in [0, 0.05) is 6.21 Å². The quantitative estimate of drug-likeness (QED) is 0.609. The summed E-state index contributed by atoms with van der Waals surface area (Å²) in [5.41, 5.74) is 1.57. The van der Waals surface area contributed by atoms with E-state index in [4.69, 9.17) is 5.26 Å². The molecule has 0 N–H and O–H groups in total. The van der Waals surface area contributed by atoms with Gasteiger partial charge in [0.15, 0.2) is 0 Å². The molecule has 0 saturated carbocycles. The lowest BCUT2D eigenvalue weighted by Gasteiger charge is -1.91. The van der Waals surface area contributed by atoms with Crippen molar-refractivity contribution in [1.29, 1.82) is 5.26 Å². The molecule has 0 aliphatic carbocycles. The maximum Gasteiger partial charge on any atom is 0.0991 e. The third-order valence-electron chi connectivity index (χ3n) is 1.42. The predicted octanol–water partition coefficient (Wildman–Crippen LogP) is 2.67. The van der Waals surface area contributed by atoms with Crippen molar-refractivity contribution in [2.75, 3.05) is 0 Å². The number of benzene rings is 1. The third-order valence-corrected chi connectivity index (χ3v) is 1.42. The minimum absolute atomic E-state index is 0.672. The van der Waals surface area contributed by atoms with Crippen molar-refractivity contribution < 1.29 is 0 Å². The summed E-state index contributed by atoms with van der Waals surface area (Å²) < 4.78 is 0. The highest BCUT2D eigenvalue weighted by Gasteiger charge is 1.88. The van der Waals surface area contributed by atoms with E-state index in [1.165, 1.54) is 0 Å². The Morgan fingerprint density at radius 1 is 1.42 bits per heavy atom. The van der Waals surface area contributed by atoms with Crippen LogP contribution in [0.4, 0.5) is 5.69 Å². The summed E-state index contributed by atoms with van der Waals surface area (Å²) in [5, 5.41) is 8.52. The van der Waals surface area contributed by atoms with Gasteiger partial charge in [-0.05, 0) is 30.7 Å². The molecule has 2 nitrogen and oxygen atoms in total. The number of nitriles is 1. The Hall–Kier alpha value is -1.62. The van der Waals surface area contributed by atoms with Crippen molar-refractivity contribution >= 4 is 11.9 Å². The van der Waals surface area contributed by atoms with E-state index in [-0.39, 0.29) is 0 Å². The summed E-state index contributed by atoms with van der Waals surface area (Å²) in [6.45, 7) is 2.03. The zero-order valence-corrected chi connectivity index (χ0v) is 6.99. The van der Waals surface area contributed by atoms with E-state index in [1.807, 2.05) is 25.3 Å². The highest BCUT2D eigenvalue weighted by molar-refractivity contribution is 5.62. The lowest BCUT2D eigenvalue weighted by molar-refractivity contribution is 1.31. The van der Waals surface area contributed by atoms with Crippen LogP contribution in [0.3, 0.4) is 0 Å². The normalized spacial score (nSPS) is 10.0. The number of nitrogens with zero attached hydrogens (tertiary/aromatic N) is 2. The van der Waals surface area contributed by atoms with Gasteiger partial charge in [0.25, 0.3) is 0 Å². The molecule has 0 fully saturated rings. The van der Waals surface area contributed by atoms with Crippen LogP contribution in [-0.2, 0) is 0 Å². The van der Waals surface area contributed by atoms with Gasteiger partial charge in [-0.1, -0.05) is 6.92 Å². The van der Waals surface area contributed by atoms with E-state index in [0.29, 0.717) is 5.56 Å². The van der Waals surface area contributed by atoms with Crippen LogP contribution in [0, 0.1) is 11.3 Å². The summed E-state index contributed by atoms with van der Waals surface area (Å²) in [4.78, 5) is 4.17. The van der Waals surface area contributed by atoms with Gasteiger partial charge in [-0.25, -0.2) is 0 Å². The van der Waals surface area contributed by atoms with Crippen molar-refractivity contribution in [3.8, 4) is 6.07 Å². The first-order chi connectivity index (χ1) is 5.86. The van der Waals surface area contributed by atoms with Crippen molar-refractivity contribution in [3.05, 3.63) is 29.8 Å². The fourth-order valence-corrected chi connectivity index (χ4v) is 0.819. The standard InChI is InChI=1S/C10H10N2/c1-2-7-12-10-5-3-9(8-11)4-6-10/h3-7H,2H2,1H3/b12-7+. The number of hydrogen-bond donors (Lipinski definition) is 0. The first-order valence-corrected chi connectivity index (χ1v) is 3.89. The van der Waals surface area contributed by atoms with E-state index < -0.39 is 0 Å². The van der Waals surface area contributed by atoms with Crippen LogP contribution < -0.4 is 0 Å². The molecule has 0 amide bonds. The van der Waals surface area contributed by atoms with Gasteiger partial charge in [0.05, 0.1) is 17.3 Å². The molecule has 0 aliphatic heterocycles. The minimum Gasteiger partial charge on any atom is -0.261 e. The topological polar surface area (TPSA) is 36.1 Å². The molecule has 0 spiro atoms. The molecular formula is C10H10N2. The Labute approximate surface area is 72.2 Å². The van der Waals surface area contributed by atoms with Gasteiger partial charge in [0.1, 0.15) is 0 Å². The highest BCUT2D eigenvalue weighted by atomic mass is 14.7. The molecule has 0 atom stereocenters. The maximum absolute atomic E-state index is 8.52. The smallest absolute Gasteiger partial charge is 0.0991 e. The summed E-state index contributed by atoms with van der Waals surface area (Å²) in [7, 11) is 0. The van der Waals surface area contributed by atoms with E-state index >= 15 is 0 Å². The van der Waals surface area contributed by atoms with E-state index in [2.05, 4.69) is 11.1 Å². The van der Waals surface area contributed by atoms with Gasteiger partial charge in [-0.3, -0.25) is 4.99 Å². The molecule has 60 valence electrons. The maximum atomic E-state index is 8.52. The first kappa shape index (κ1) is 8.48. The molecule has 0 heterocycles. The Kier molecular flexibility index (Phi) is 3.04. The van der Waals surface area contributed by atoms with Crippen molar-refractivity contribution in [2.24, 2.45) is 4.99 Å². The second kappa shape index (κ2) is 4.30. The summed E-state index contributed by atoms with van der Waals surface area (Å²) >= 11 is 0. The van der Waals surface area contributed by atoms with E-state index in [0.717, 1.165) is 12.1 Å². The summed E-state index contributed by atoms with van der Waals surface area (Å²) in [5.74, 6) is 0. The molecule has 1 rings (SSSR count). The Morgan fingerprint density at radius 3 is 2.58 bits per heavy atom. The molecule has 0 aliphatic rings. The molecule has 1 aromatic rings. The molecule has 1 aromatic carbocycles. The third kappa shape index (κ3) is 2.21. The average Bonchev–Trinajstić information content (AvgIpc) is 2.15. The van der Waals surface area contributed by atoms with E-state index in [1.54, 1.807) is 12.1 Å². The number of hydrogen-bond acceptors (Lipinski definition) is 2. The fraction of sp³-hybridized carbons (Fsp3) is 0.200. The molecular weight excluding hydrogens is 148 g/mol. The number of aliphatic imine (C=N–C) groups is 1. The second-order valence-corrected chi connectivity index (χ2v) is 2.38. The van der Waals surface area contributed by atoms with Crippen LogP contribution in [0.1, 0.15) is 18.9 Å². The van der Waals surface area contributed by atoms with Crippen LogP contribution in [-0.4, -0.2) is 6.21 Å². The van der Waals surface area contributed by atoms with Gasteiger partial charge in [0.2, 0.25) is 0 Å². The molecule has 0 saturated heterocycles. The predicted molar refractivity (Wildman–Crippen MR) is 49.6 cm³/mol. The average molecular weight is 158 g/mol. The fourth-order valence-electron chi connectivity index (χ4n) is 0.819. The molecule has 0 unspecified atom stereocenters. The largest absolute Gasteiger partial charge is 0.261 e. The molecule has 12 heavy (non-hydrogen) atoms. The molecule has 0 radical (unpaired) electrons. The highest BCUT2D eigenvalue weighted by Crippen LogP contribution is 2.11. The molecule has 0 bridgehead atoms. The van der Waals surface area contributed by atoms with Crippen LogP contribution in [0.2, 0.25) is 0 Å². The van der Waals surface area contributed by atoms with Crippen LogP contribution in [0.5, 0.6) is 0 Å². The zero-order valence-electron chi connectivity index (χ0n) is 6.99. The zero-order chi connectivity index (χ0) is 8.81. The van der Waals surface area contributed by atoms with Gasteiger partial charge in [-0.2, -0.15) is 5.26 Å². The second-order valence-electron chi connectivity index (χ2n) is 2.38. The van der Waals surface area contributed by atoms with Crippen LogP contribution >= 0.6 is 0 Å². The van der Waals surface area contributed by atoms with Crippen LogP contribution in [0.25, 0.3) is 0 Å². The van der Waals surface area contributed by atoms with Crippen molar-refractivity contribution in [3.63, 3.8) is 0 Å². The molecule has 0 aromatic heterocycles.